The Balaban J connectivity index is 2.05. The molecule has 1 atom stereocenters. The van der Waals surface area contributed by atoms with E-state index in [-0.39, 0.29) is 5.69 Å². The highest BCUT2D eigenvalue weighted by Gasteiger charge is 2.22. The number of nitrogens with one attached hydrogen (secondary N) is 1. The van der Waals surface area contributed by atoms with Crippen molar-refractivity contribution >= 4 is 17.6 Å². The van der Waals surface area contributed by atoms with Crippen LogP contribution in [0, 0.1) is 0 Å². The van der Waals surface area contributed by atoms with Gasteiger partial charge in [0.25, 0.3) is 5.91 Å². The summed E-state index contributed by atoms with van der Waals surface area (Å²) < 4.78 is 5.22. The number of carbonyl (C=O) groups excluding carboxylic acids is 1. The zero-order valence-electron chi connectivity index (χ0n) is 14.9. The van der Waals surface area contributed by atoms with Gasteiger partial charge in [0.1, 0.15) is 6.04 Å². The van der Waals surface area contributed by atoms with Crippen LogP contribution in [0.1, 0.15) is 29.8 Å². The topological polar surface area (TPSA) is 122 Å². The highest BCUT2D eigenvalue weighted by Crippen LogP contribution is 2.23. The monoisotopic (exact) mass is 360 g/mol. The maximum absolute atomic E-state index is 12.3. The number of carboxylic acids is 1. The van der Waals surface area contributed by atoms with E-state index in [2.05, 4.69) is 10.5 Å². The Labute approximate surface area is 152 Å². The number of aromatic nitrogens is 1. The minimum atomic E-state index is -1.08. The summed E-state index contributed by atoms with van der Waals surface area (Å²) in [5, 5.41) is 15.4. The Kier molecular flexibility index (Phi) is 6.74. The van der Waals surface area contributed by atoms with Crippen molar-refractivity contribution in [1.82, 2.24) is 10.5 Å². The number of amides is 1. The van der Waals surface area contributed by atoms with E-state index in [0.29, 0.717) is 31.6 Å². The average Bonchev–Trinajstić information content (AvgIpc) is 3.11. The van der Waals surface area contributed by atoms with Gasteiger partial charge in [-0.2, -0.15) is 0 Å². The molecule has 0 unspecified atom stereocenters. The fourth-order valence-electron chi connectivity index (χ4n) is 2.42. The number of anilines is 1. The zero-order chi connectivity index (χ0) is 19.1. The van der Waals surface area contributed by atoms with Crippen molar-refractivity contribution in [1.29, 1.82) is 0 Å². The Hall–Kier alpha value is -2.87. The predicted molar refractivity (Wildman–Crippen MR) is 98.1 cm³/mol. The van der Waals surface area contributed by atoms with Crippen molar-refractivity contribution in [2.24, 2.45) is 5.73 Å². The normalized spacial score (nSPS) is 11.8. The van der Waals surface area contributed by atoms with E-state index in [1.807, 2.05) is 43.3 Å². The first-order chi connectivity index (χ1) is 12.4. The number of hydrogen-bond acceptors (Lipinski definition) is 6. The summed E-state index contributed by atoms with van der Waals surface area (Å²) in [7, 11) is 3.89. The van der Waals surface area contributed by atoms with Gasteiger partial charge in [-0.05, 0) is 50.1 Å². The molecule has 0 bridgehead atoms. The molecule has 0 saturated heterocycles. The third-order valence-corrected chi connectivity index (χ3v) is 3.96. The van der Waals surface area contributed by atoms with Crippen LogP contribution in [-0.2, 0) is 4.79 Å². The molecule has 0 aliphatic carbocycles. The number of nitrogens with zero attached hydrogens (tertiary/aromatic N) is 2. The number of aliphatic carboxylic acids is 1. The van der Waals surface area contributed by atoms with Crippen LogP contribution >= 0.6 is 0 Å². The van der Waals surface area contributed by atoms with Crippen molar-refractivity contribution < 1.29 is 19.2 Å². The zero-order valence-corrected chi connectivity index (χ0v) is 14.9. The molecule has 0 radical (unpaired) electrons. The number of benzene rings is 1. The molecule has 4 N–H and O–H groups in total. The molecule has 1 aromatic carbocycles. The third kappa shape index (κ3) is 5.06. The van der Waals surface area contributed by atoms with Crippen molar-refractivity contribution in [2.75, 3.05) is 25.5 Å². The fraction of sp³-hybridized carbons (Fsp3) is 0.389. The SMILES string of the molecule is CN(C)c1ccc(-c2cc(C(=O)N[C@@H](CCCCN)C(=O)O)no2)cc1. The summed E-state index contributed by atoms with van der Waals surface area (Å²) in [5.41, 5.74) is 7.26. The molecular formula is C18H24N4O4. The number of unbranched alkanes of at least 4 members (excludes halogenated alkanes) is 1. The lowest BCUT2D eigenvalue weighted by Gasteiger charge is -2.13. The van der Waals surface area contributed by atoms with Crippen LogP contribution in [-0.4, -0.2) is 48.8 Å². The third-order valence-electron chi connectivity index (χ3n) is 3.96. The Bertz CT molecular complexity index is 740. The maximum Gasteiger partial charge on any atom is 0.326 e. The van der Waals surface area contributed by atoms with Gasteiger partial charge in [-0.25, -0.2) is 4.79 Å². The van der Waals surface area contributed by atoms with Crippen molar-refractivity contribution in [3.63, 3.8) is 0 Å². The number of hydrogen-bond donors (Lipinski definition) is 3. The second kappa shape index (κ2) is 9.00. The summed E-state index contributed by atoms with van der Waals surface area (Å²) in [4.78, 5) is 25.5. The number of carboxylic acid groups (broad SMARTS) is 1. The lowest BCUT2D eigenvalue weighted by Crippen LogP contribution is -2.40. The molecule has 140 valence electrons. The minimum Gasteiger partial charge on any atom is -0.480 e. The van der Waals surface area contributed by atoms with Crippen molar-refractivity contribution in [3.8, 4) is 11.3 Å². The highest BCUT2D eigenvalue weighted by molar-refractivity contribution is 5.95. The Morgan fingerprint density at radius 2 is 1.96 bits per heavy atom. The molecule has 1 heterocycles. The summed E-state index contributed by atoms with van der Waals surface area (Å²) in [6, 6.07) is 8.10. The van der Waals surface area contributed by atoms with Crippen LogP contribution in [0.4, 0.5) is 5.69 Å². The molecule has 0 saturated carbocycles. The second-order valence-electron chi connectivity index (χ2n) is 6.17. The minimum absolute atomic E-state index is 0.0433. The maximum atomic E-state index is 12.3. The van der Waals surface area contributed by atoms with E-state index in [4.69, 9.17) is 10.3 Å². The van der Waals surface area contributed by atoms with Crippen molar-refractivity contribution in [3.05, 3.63) is 36.0 Å². The lowest BCUT2D eigenvalue weighted by molar-refractivity contribution is -0.139. The van der Waals surface area contributed by atoms with Gasteiger partial charge < -0.3 is 25.6 Å². The van der Waals surface area contributed by atoms with Crippen LogP contribution in [0.2, 0.25) is 0 Å². The number of nitrogens with two attached hydrogens (primary N) is 1. The average molecular weight is 360 g/mol. The molecule has 1 aromatic heterocycles. The van der Waals surface area contributed by atoms with Gasteiger partial charge >= 0.3 is 5.97 Å². The van der Waals surface area contributed by atoms with Gasteiger partial charge in [0, 0.05) is 31.4 Å². The van der Waals surface area contributed by atoms with Gasteiger partial charge in [0.2, 0.25) is 0 Å². The molecule has 0 spiro atoms. The Morgan fingerprint density at radius 1 is 1.27 bits per heavy atom. The smallest absolute Gasteiger partial charge is 0.326 e. The molecule has 8 heteroatoms. The predicted octanol–water partition coefficient (Wildman–Crippen LogP) is 1.72. The van der Waals surface area contributed by atoms with E-state index < -0.39 is 17.9 Å². The first-order valence-electron chi connectivity index (χ1n) is 8.40. The quantitative estimate of drug-likeness (QED) is 0.582. The highest BCUT2D eigenvalue weighted by atomic mass is 16.5. The van der Waals surface area contributed by atoms with Crippen LogP contribution in [0.3, 0.4) is 0 Å². The van der Waals surface area contributed by atoms with E-state index >= 15 is 0 Å². The van der Waals surface area contributed by atoms with Crippen LogP contribution in [0.25, 0.3) is 11.3 Å². The van der Waals surface area contributed by atoms with Crippen LogP contribution in [0.5, 0.6) is 0 Å². The van der Waals surface area contributed by atoms with Crippen LogP contribution < -0.4 is 16.0 Å². The van der Waals surface area contributed by atoms with Gasteiger partial charge in [0.15, 0.2) is 11.5 Å². The van der Waals surface area contributed by atoms with E-state index in [1.165, 1.54) is 6.07 Å². The van der Waals surface area contributed by atoms with E-state index in [9.17, 15) is 14.7 Å². The molecule has 0 aliphatic heterocycles. The fourth-order valence-corrected chi connectivity index (χ4v) is 2.42. The van der Waals surface area contributed by atoms with Gasteiger partial charge in [-0.3, -0.25) is 4.79 Å². The van der Waals surface area contributed by atoms with E-state index in [1.54, 1.807) is 0 Å². The standard InChI is InChI=1S/C18H24N4O4/c1-22(2)13-8-6-12(7-9-13)16-11-15(21-26-16)17(23)20-14(18(24)25)5-3-4-10-19/h6-9,11,14H,3-5,10,19H2,1-2H3,(H,20,23)(H,24,25)/t14-/m0/s1. The molecule has 1 amide bonds. The van der Waals surface area contributed by atoms with Gasteiger partial charge in [0.05, 0.1) is 0 Å². The van der Waals surface area contributed by atoms with Gasteiger partial charge in [-0.15, -0.1) is 0 Å². The van der Waals surface area contributed by atoms with Crippen LogP contribution in [0.15, 0.2) is 34.9 Å². The molecule has 2 aromatic rings. The summed E-state index contributed by atoms with van der Waals surface area (Å²) in [6.45, 7) is 0.486. The second-order valence-corrected chi connectivity index (χ2v) is 6.17. The first kappa shape index (κ1) is 19.5. The molecular weight excluding hydrogens is 336 g/mol. The summed E-state index contributed by atoms with van der Waals surface area (Å²) >= 11 is 0. The molecule has 8 nitrogen and oxygen atoms in total. The molecule has 0 fully saturated rings. The largest absolute Gasteiger partial charge is 0.480 e. The van der Waals surface area contributed by atoms with Gasteiger partial charge in [-0.1, -0.05) is 5.16 Å². The molecule has 2 rings (SSSR count). The lowest BCUT2D eigenvalue weighted by atomic mass is 10.1. The first-order valence-corrected chi connectivity index (χ1v) is 8.40. The van der Waals surface area contributed by atoms with Crippen molar-refractivity contribution in [2.45, 2.75) is 25.3 Å². The summed E-state index contributed by atoms with van der Waals surface area (Å²) in [5.74, 6) is -1.22. The van der Waals surface area contributed by atoms with E-state index in [0.717, 1.165) is 11.3 Å². The number of carbonyl (C=O) groups is 2. The summed E-state index contributed by atoms with van der Waals surface area (Å²) in [6.07, 6.45) is 1.64. The number of rotatable bonds is 9. The Morgan fingerprint density at radius 3 is 2.54 bits per heavy atom. The molecule has 0 aliphatic rings. The molecule has 26 heavy (non-hydrogen) atoms.